The number of allylic oxidation sites excluding steroid dienone is 4. The summed E-state index contributed by atoms with van der Waals surface area (Å²) in [6, 6.07) is 4.62. The number of nitrogens with one attached hydrogen (secondary N) is 1. The highest BCUT2D eigenvalue weighted by Crippen LogP contribution is 2.43. The summed E-state index contributed by atoms with van der Waals surface area (Å²) >= 11 is 0. The van der Waals surface area contributed by atoms with Crippen molar-refractivity contribution in [2.24, 2.45) is 23.7 Å². The van der Waals surface area contributed by atoms with Crippen LogP contribution in [0.1, 0.15) is 44.0 Å². The van der Waals surface area contributed by atoms with Crippen molar-refractivity contribution in [3.63, 3.8) is 0 Å². The molecule has 0 radical (unpaired) electrons. The van der Waals surface area contributed by atoms with Crippen LogP contribution in [-0.4, -0.2) is 29.3 Å². The first-order valence-corrected chi connectivity index (χ1v) is 11.4. The van der Waals surface area contributed by atoms with Gasteiger partial charge in [-0.15, -0.1) is 0 Å². The number of furan rings is 1. The second kappa shape index (κ2) is 9.24. The first kappa shape index (κ1) is 24.0. The van der Waals surface area contributed by atoms with Gasteiger partial charge in [0.05, 0.1) is 5.56 Å². The second-order valence-corrected chi connectivity index (χ2v) is 9.33. The first-order chi connectivity index (χ1) is 16.0. The summed E-state index contributed by atoms with van der Waals surface area (Å²) in [6.07, 6.45) is 3.46. The maximum absolute atomic E-state index is 13.0. The maximum Gasteiger partial charge on any atom is 0.405 e. The van der Waals surface area contributed by atoms with E-state index in [2.05, 4.69) is 23.3 Å². The summed E-state index contributed by atoms with van der Waals surface area (Å²) in [7, 11) is 0. The standard InChI is InChI=1S/C26H27F3N2O3/c1-14-6-18(20(7-14)21-8-15(2)16(3)25(21)33)9-22(32)19-10-23(34-12-19)17-4-5-30-24(11-17)31-13-26(27,28)29/h4-7,10-12,14-16,21H,8-9,13H2,1-3H3,(H,30,31)/t14?,15?,16-,21?/m0/s1. The minimum Gasteiger partial charge on any atom is -0.464 e. The molecule has 2 aromatic heterocycles. The van der Waals surface area contributed by atoms with Crippen LogP contribution in [0.2, 0.25) is 0 Å². The van der Waals surface area contributed by atoms with E-state index in [0.717, 1.165) is 17.6 Å². The Morgan fingerprint density at radius 1 is 1.21 bits per heavy atom. The van der Waals surface area contributed by atoms with Gasteiger partial charge in [-0.1, -0.05) is 32.9 Å². The van der Waals surface area contributed by atoms with E-state index < -0.39 is 12.7 Å². The minimum absolute atomic E-state index is 0.0195. The van der Waals surface area contributed by atoms with E-state index in [1.165, 1.54) is 18.5 Å². The predicted molar refractivity (Wildman–Crippen MR) is 122 cm³/mol. The average molecular weight is 473 g/mol. The van der Waals surface area contributed by atoms with Crippen LogP contribution in [0.4, 0.5) is 19.0 Å². The van der Waals surface area contributed by atoms with Gasteiger partial charge in [0.1, 0.15) is 30.2 Å². The Morgan fingerprint density at radius 3 is 2.65 bits per heavy atom. The normalized spacial score (nSPS) is 24.8. The molecule has 3 unspecified atom stereocenters. The molecule has 2 heterocycles. The number of rotatable bonds is 7. The van der Waals surface area contributed by atoms with Crippen LogP contribution >= 0.6 is 0 Å². The number of alkyl halides is 3. The molecule has 34 heavy (non-hydrogen) atoms. The molecule has 8 heteroatoms. The van der Waals surface area contributed by atoms with Crippen LogP contribution in [0.15, 0.2) is 58.4 Å². The lowest BCUT2D eigenvalue weighted by molar-refractivity contribution is -0.122. The molecule has 0 spiro atoms. The van der Waals surface area contributed by atoms with Gasteiger partial charge in [0.15, 0.2) is 5.78 Å². The topological polar surface area (TPSA) is 72.2 Å². The minimum atomic E-state index is -4.36. The highest BCUT2D eigenvalue weighted by atomic mass is 19.4. The van der Waals surface area contributed by atoms with Crippen molar-refractivity contribution in [1.29, 1.82) is 0 Å². The van der Waals surface area contributed by atoms with Crippen LogP contribution < -0.4 is 5.32 Å². The fourth-order valence-corrected chi connectivity index (χ4v) is 4.70. The van der Waals surface area contributed by atoms with Crippen molar-refractivity contribution in [2.75, 3.05) is 11.9 Å². The number of anilines is 1. The van der Waals surface area contributed by atoms with Gasteiger partial charge in [-0.2, -0.15) is 13.2 Å². The number of hydrogen-bond acceptors (Lipinski definition) is 5. The molecule has 180 valence electrons. The lowest BCUT2D eigenvalue weighted by Gasteiger charge is -2.14. The summed E-state index contributed by atoms with van der Waals surface area (Å²) < 4.78 is 42.9. The Hall–Kier alpha value is -3.16. The number of Topliss-reactive ketones (excluding diaryl/α,β-unsaturated/α-hetero) is 2. The van der Waals surface area contributed by atoms with Gasteiger partial charge in [-0.25, -0.2) is 4.98 Å². The molecule has 4 atom stereocenters. The largest absolute Gasteiger partial charge is 0.464 e. The van der Waals surface area contributed by atoms with E-state index >= 15 is 0 Å². The number of carbonyl (C=O) groups is 2. The van der Waals surface area contributed by atoms with Gasteiger partial charge in [0.25, 0.3) is 0 Å². The van der Waals surface area contributed by atoms with Gasteiger partial charge >= 0.3 is 6.18 Å². The van der Waals surface area contributed by atoms with Gasteiger partial charge < -0.3 is 9.73 Å². The van der Waals surface area contributed by atoms with Crippen LogP contribution in [0, 0.1) is 23.7 Å². The lowest BCUT2D eigenvalue weighted by Crippen LogP contribution is -2.21. The average Bonchev–Trinajstić information content (AvgIpc) is 3.47. The smallest absolute Gasteiger partial charge is 0.405 e. The summed E-state index contributed by atoms with van der Waals surface area (Å²) in [5.41, 5.74) is 2.74. The zero-order chi connectivity index (χ0) is 24.6. The first-order valence-electron chi connectivity index (χ1n) is 11.4. The van der Waals surface area contributed by atoms with Crippen molar-refractivity contribution < 1.29 is 27.2 Å². The molecule has 0 aromatic carbocycles. The van der Waals surface area contributed by atoms with Crippen LogP contribution in [0.5, 0.6) is 0 Å². The molecular weight excluding hydrogens is 445 g/mol. The van der Waals surface area contributed by atoms with E-state index in [-0.39, 0.29) is 41.6 Å². The van der Waals surface area contributed by atoms with Crippen molar-refractivity contribution in [1.82, 2.24) is 4.98 Å². The maximum atomic E-state index is 13.0. The summed E-state index contributed by atoms with van der Waals surface area (Å²) in [4.78, 5) is 29.7. The van der Waals surface area contributed by atoms with Gasteiger partial charge in [0.2, 0.25) is 0 Å². The summed E-state index contributed by atoms with van der Waals surface area (Å²) in [5.74, 6) is 0.860. The molecule has 0 bridgehead atoms. The predicted octanol–water partition coefficient (Wildman–Crippen LogP) is 6.25. The molecule has 2 aliphatic rings. The monoisotopic (exact) mass is 472 g/mol. The van der Waals surface area contributed by atoms with E-state index in [4.69, 9.17) is 4.42 Å². The second-order valence-electron chi connectivity index (χ2n) is 9.33. The molecule has 1 saturated carbocycles. The van der Waals surface area contributed by atoms with E-state index in [1.807, 2.05) is 19.9 Å². The SMILES string of the molecule is CC1C=C(CC(=O)c2coc(-c3ccnc(NCC(F)(F)F)c3)c2)C(C2CC(C)[C@H](C)C2=O)=C1. The Kier molecular flexibility index (Phi) is 6.51. The van der Waals surface area contributed by atoms with Crippen LogP contribution in [-0.2, 0) is 4.79 Å². The number of nitrogens with zero attached hydrogens (tertiary/aromatic N) is 1. The van der Waals surface area contributed by atoms with E-state index in [9.17, 15) is 22.8 Å². The third-order valence-corrected chi connectivity index (χ3v) is 6.69. The molecule has 5 nitrogen and oxygen atoms in total. The van der Waals surface area contributed by atoms with Crippen molar-refractivity contribution in [2.45, 2.75) is 39.8 Å². The number of hydrogen-bond donors (Lipinski definition) is 1. The zero-order valence-corrected chi connectivity index (χ0v) is 19.3. The molecule has 4 rings (SSSR count). The van der Waals surface area contributed by atoms with Gasteiger partial charge in [-0.05, 0) is 47.6 Å². The fourth-order valence-electron chi connectivity index (χ4n) is 4.70. The third kappa shape index (κ3) is 5.16. The highest BCUT2D eigenvalue weighted by molar-refractivity contribution is 5.99. The molecule has 0 amide bonds. The van der Waals surface area contributed by atoms with E-state index in [0.29, 0.717) is 22.8 Å². The third-order valence-electron chi connectivity index (χ3n) is 6.69. The Balaban J connectivity index is 1.46. The summed E-state index contributed by atoms with van der Waals surface area (Å²) in [6.45, 7) is 4.90. The summed E-state index contributed by atoms with van der Waals surface area (Å²) in [5, 5.41) is 2.23. The molecule has 1 N–H and O–H groups in total. The van der Waals surface area contributed by atoms with Crippen molar-refractivity contribution in [3.8, 4) is 11.3 Å². The quantitative estimate of drug-likeness (QED) is 0.482. The Morgan fingerprint density at radius 2 is 1.97 bits per heavy atom. The highest BCUT2D eigenvalue weighted by Gasteiger charge is 2.40. The molecule has 1 fully saturated rings. The molecular formula is C26H27F3N2O3. The Labute approximate surface area is 196 Å². The van der Waals surface area contributed by atoms with Crippen LogP contribution in [0.25, 0.3) is 11.3 Å². The number of halogens is 3. The Bertz CT molecular complexity index is 1160. The van der Waals surface area contributed by atoms with Gasteiger partial charge in [-0.3, -0.25) is 9.59 Å². The van der Waals surface area contributed by atoms with Crippen LogP contribution in [0.3, 0.4) is 0 Å². The van der Waals surface area contributed by atoms with E-state index in [1.54, 1.807) is 12.1 Å². The zero-order valence-electron chi connectivity index (χ0n) is 19.3. The van der Waals surface area contributed by atoms with Crippen molar-refractivity contribution >= 4 is 17.4 Å². The number of ketones is 2. The number of aromatic nitrogens is 1. The molecule has 0 aliphatic heterocycles. The van der Waals surface area contributed by atoms with Crippen molar-refractivity contribution in [3.05, 3.63) is 59.5 Å². The molecule has 2 aromatic rings. The van der Waals surface area contributed by atoms with Gasteiger partial charge in [0, 0.05) is 30.0 Å². The lowest BCUT2D eigenvalue weighted by atomic mass is 9.88. The number of pyridine rings is 1. The molecule has 0 saturated heterocycles. The fraction of sp³-hybridized carbons (Fsp3) is 0.423. The molecule has 2 aliphatic carbocycles. The number of carbonyl (C=O) groups excluding carboxylic acids is 2.